The predicted molar refractivity (Wildman–Crippen MR) is 249 cm³/mol. The first-order chi connectivity index (χ1) is 33.2. The molecule has 4 nitrogen and oxygen atoms in total. The average Bonchev–Trinajstić information content (AvgIpc) is 3.63. The quantitative estimate of drug-likeness (QED) is 0.0262. The van der Waals surface area contributed by atoms with Crippen LogP contribution in [0.15, 0.2) is 93.9 Å². The molecule has 0 amide bonds. The third-order valence-corrected chi connectivity index (χ3v) is 13.1. The molecule has 0 radical (unpaired) electrons. The zero-order chi connectivity index (χ0) is 49.2. The molecule has 6 aromatic carbocycles. The van der Waals surface area contributed by atoms with E-state index < -0.39 is 75.1 Å². The molecular weight excluding hydrogens is 1050 g/mol. The highest BCUT2D eigenvalue weighted by molar-refractivity contribution is 9.10. The highest BCUT2D eigenvalue weighted by atomic mass is 79.9. The number of hydrogen-bond donors (Lipinski definition) is 0. The van der Waals surface area contributed by atoms with Crippen molar-refractivity contribution in [2.75, 3.05) is 26.4 Å². The van der Waals surface area contributed by atoms with Crippen molar-refractivity contribution in [2.24, 2.45) is 0 Å². The number of ether oxygens (including phenoxy) is 4. The lowest BCUT2D eigenvalue weighted by atomic mass is 9.67. The zero-order valence-electron chi connectivity index (χ0n) is 37.1. The van der Waals surface area contributed by atoms with Crippen molar-refractivity contribution in [3.8, 4) is 34.1 Å². The Labute approximate surface area is 410 Å². The van der Waals surface area contributed by atoms with Crippen molar-refractivity contribution in [3.63, 3.8) is 0 Å². The summed E-state index contributed by atoms with van der Waals surface area (Å²) >= 11 is 7.46. The van der Waals surface area contributed by atoms with Gasteiger partial charge in [-0.15, -0.1) is 0 Å². The zero-order valence-corrected chi connectivity index (χ0v) is 40.2. The molecule has 0 aliphatic heterocycles. The van der Waals surface area contributed by atoms with E-state index in [0.717, 1.165) is 93.7 Å². The van der Waals surface area contributed by atoms with E-state index >= 15 is 0 Å². The second-order valence-corrected chi connectivity index (χ2v) is 18.4. The van der Waals surface area contributed by atoms with E-state index in [1.54, 1.807) is 0 Å². The molecule has 6 aromatic rings. The van der Waals surface area contributed by atoms with Gasteiger partial charge in [0.05, 0.1) is 31.8 Å². The van der Waals surface area contributed by atoms with E-state index in [-0.39, 0.29) is 13.2 Å². The highest BCUT2D eigenvalue weighted by Crippen LogP contribution is 2.57. The van der Waals surface area contributed by atoms with Crippen LogP contribution in [0.25, 0.3) is 11.1 Å². The second-order valence-electron chi connectivity index (χ2n) is 16.6. The predicted octanol–water partition coefficient (Wildman–Crippen LogP) is 16.6. The Morgan fingerprint density at radius 2 is 0.594 bits per heavy atom. The van der Waals surface area contributed by atoms with Gasteiger partial charge in [0.2, 0.25) is 58.2 Å². The van der Waals surface area contributed by atoms with Crippen molar-refractivity contribution in [3.05, 3.63) is 174 Å². The summed E-state index contributed by atoms with van der Waals surface area (Å²) in [5.41, 5.74) is 5.82. The van der Waals surface area contributed by atoms with Gasteiger partial charge in [-0.2, -0.15) is 17.6 Å². The van der Waals surface area contributed by atoms with Gasteiger partial charge in [0, 0.05) is 8.95 Å². The van der Waals surface area contributed by atoms with Crippen LogP contribution in [0.2, 0.25) is 0 Å². The van der Waals surface area contributed by atoms with Gasteiger partial charge in [-0.05, 0) is 108 Å². The van der Waals surface area contributed by atoms with Gasteiger partial charge in [0.25, 0.3) is 0 Å². The minimum Gasteiger partial charge on any atom is -0.494 e. The monoisotopic (exact) mass is 1090 g/mol. The van der Waals surface area contributed by atoms with Crippen LogP contribution < -0.4 is 18.9 Å². The summed E-state index contributed by atoms with van der Waals surface area (Å²) in [6.07, 6.45) is 8.64. The van der Waals surface area contributed by atoms with E-state index in [2.05, 4.69) is 80.4 Å². The Morgan fingerprint density at radius 1 is 0.319 bits per heavy atom. The fraction of sp³-hybridized carbons (Fsp3) is 0.321. The normalized spacial score (nSPS) is 12.5. The van der Waals surface area contributed by atoms with E-state index in [0.29, 0.717) is 50.4 Å². The molecule has 16 heteroatoms. The number of fused-ring (bicyclic) bond motifs is 3. The molecule has 366 valence electrons. The standard InChI is InChI=1S/C53H46Br2F10O4/c54-33-17-23-37-38-24-18-34(55)30-40(38)53(39(37)29-33,31-13-19-35(20-14-31)66-25-9-5-1-3-7-11-27-68-51-47(62)43(58)41(56)44(59)48(51)63)32-15-21-36(22-16-32)67-26-10-6-2-4-8-12-28-69-52-49(64)45(60)42(57)46(61)50(52)65/h13-24,29-30H,1-12,25-28H2. The van der Waals surface area contributed by atoms with E-state index in [1.165, 1.54) is 0 Å². The first-order valence-corrected chi connectivity index (χ1v) is 24.2. The van der Waals surface area contributed by atoms with Gasteiger partial charge in [-0.25, -0.2) is 26.3 Å². The molecule has 0 saturated carbocycles. The fourth-order valence-corrected chi connectivity index (χ4v) is 9.36. The third-order valence-electron chi connectivity index (χ3n) is 12.1. The third kappa shape index (κ3) is 11.4. The van der Waals surface area contributed by atoms with Crippen LogP contribution in [0.3, 0.4) is 0 Å². The van der Waals surface area contributed by atoms with Crippen LogP contribution >= 0.6 is 31.9 Å². The van der Waals surface area contributed by atoms with Crippen LogP contribution in [-0.4, -0.2) is 26.4 Å². The summed E-state index contributed by atoms with van der Waals surface area (Å²) < 4.78 is 160. The van der Waals surface area contributed by atoms with Crippen LogP contribution in [0, 0.1) is 58.2 Å². The number of hydrogen-bond acceptors (Lipinski definition) is 4. The number of unbranched alkanes of at least 4 members (excludes halogenated alkanes) is 10. The molecule has 0 aromatic heterocycles. The molecular formula is C53H46Br2F10O4. The Bertz CT molecular complexity index is 2490. The van der Waals surface area contributed by atoms with Crippen molar-refractivity contribution in [1.82, 2.24) is 0 Å². The molecule has 69 heavy (non-hydrogen) atoms. The summed E-state index contributed by atoms with van der Waals surface area (Å²) in [5.74, 6) is -21.6. The molecule has 1 aliphatic rings. The summed E-state index contributed by atoms with van der Waals surface area (Å²) in [4.78, 5) is 0. The minimum absolute atomic E-state index is 0.184. The largest absolute Gasteiger partial charge is 0.494 e. The van der Waals surface area contributed by atoms with Gasteiger partial charge in [0.1, 0.15) is 11.5 Å². The minimum atomic E-state index is -2.22. The Morgan fingerprint density at radius 3 is 0.913 bits per heavy atom. The summed E-state index contributed by atoms with van der Waals surface area (Å²) in [7, 11) is 0. The van der Waals surface area contributed by atoms with Crippen LogP contribution in [0.4, 0.5) is 43.9 Å². The Hall–Kier alpha value is -5.22. The summed E-state index contributed by atoms with van der Waals surface area (Å²) in [6.45, 7) is 0.597. The van der Waals surface area contributed by atoms with Crippen molar-refractivity contribution < 1.29 is 62.9 Å². The number of rotatable bonds is 24. The SMILES string of the molecule is Fc1c(F)c(F)c(OCCCCCCCCOc2ccc(C3(c4ccc(OCCCCCCCCOc5c(F)c(F)c(F)c(F)c5F)cc4)c4cc(Br)ccc4-c4ccc(Br)cc43)cc2)c(F)c1F. The number of benzene rings is 6. The first kappa shape index (κ1) is 51.6. The van der Waals surface area contributed by atoms with E-state index in [4.69, 9.17) is 18.9 Å². The second kappa shape index (κ2) is 23.6. The molecule has 0 heterocycles. The van der Waals surface area contributed by atoms with Crippen LogP contribution in [0.1, 0.15) is 99.3 Å². The molecule has 0 bridgehead atoms. The lowest BCUT2D eigenvalue weighted by Gasteiger charge is -2.34. The molecule has 0 spiro atoms. The molecule has 1 aliphatic carbocycles. The highest BCUT2D eigenvalue weighted by Gasteiger charge is 2.46. The number of halogens is 12. The van der Waals surface area contributed by atoms with Gasteiger partial charge >= 0.3 is 0 Å². The van der Waals surface area contributed by atoms with E-state index in [9.17, 15) is 43.9 Å². The smallest absolute Gasteiger partial charge is 0.206 e. The first-order valence-electron chi connectivity index (χ1n) is 22.6. The van der Waals surface area contributed by atoms with Gasteiger partial charge in [-0.1, -0.05) is 120 Å². The van der Waals surface area contributed by atoms with Crippen molar-refractivity contribution in [2.45, 2.75) is 82.5 Å². The lowest BCUT2D eigenvalue weighted by Crippen LogP contribution is -2.28. The summed E-state index contributed by atoms with van der Waals surface area (Å²) in [5, 5.41) is 0. The maximum atomic E-state index is 13.8. The molecule has 0 saturated heterocycles. The van der Waals surface area contributed by atoms with Crippen LogP contribution in [-0.2, 0) is 5.41 Å². The fourth-order valence-electron chi connectivity index (χ4n) is 8.63. The maximum absolute atomic E-state index is 13.8. The average molecular weight is 1100 g/mol. The summed E-state index contributed by atoms with van der Waals surface area (Å²) in [6, 6.07) is 28.9. The van der Waals surface area contributed by atoms with Gasteiger partial charge < -0.3 is 18.9 Å². The molecule has 7 rings (SSSR count). The van der Waals surface area contributed by atoms with E-state index in [1.807, 2.05) is 36.4 Å². The van der Waals surface area contributed by atoms with Crippen molar-refractivity contribution in [1.29, 1.82) is 0 Å². The molecule has 0 N–H and O–H groups in total. The Kier molecular flexibility index (Phi) is 17.7. The lowest BCUT2D eigenvalue weighted by molar-refractivity contribution is 0.255. The van der Waals surface area contributed by atoms with Gasteiger partial charge in [-0.3, -0.25) is 0 Å². The molecule has 0 fully saturated rings. The van der Waals surface area contributed by atoms with Gasteiger partial charge in [0.15, 0.2) is 11.5 Å². The maximum Gasteiger partial charge on any atom is 0.206 e. The van der Waals surface area contributed by atoms with Crippen LogP contribution in [0.5, 0.6) is 23.0 Å². The Balaban J connectivity index is 0.905. The molecule has 0 atom stereocenters. The van der Waals surface area contributed by atoms with Crippen molar-refractivity contribution >= 4 is 31.9 Å². The molecule has 0 unspecified atom stereocenters. The topological polar surface area (TPSA) is 36.9 Å².